The van der Waals surface area contributed by atoms with E-state index < -0.39 is 10.0 Å². The van der Waals surface area contributed by atoms with Gasteiger partial charge in [0.25, 0.3) is 5.91 Å². The molecule has 0 bridgehead atoms. The zero-order valence-corrected chi connectivity index (χ0v) is 17.9. The van der Waals surface area contributed by atoms with Crippen molar-refractivity contribution in [1.29, 1.82) is 0 Å². The second kappa shape index (κ2) is 8.20. The van der Waals surface area contributed by atoms with Crippen LogP contribution in [0.3, 0.4) is 0 Å². The first-order valence-corrected chi connectivity index (χ1v) is 11.7. The van der Waals surface area contributed by atoms with Crippen molar-refractivity contribution in [3.8, 4) is 0 Å². The SMILES string of the molecule is CC(C)[C@H](NC(=O)c1cccc(S(=O)(=O)N2CCCC2)c1)c1nc2ccccc2[nH]1. The van der Waals surface area contributed by atoms with Crippen molar-refractivity contribution in [2.24, 2.45) is 5.92 Å². The molecule has 8 heteroatoms. The lowest BCUT2D eigenvalue weighted by Crippen LogP contribution is -2.33. The summed E-state index contributed by atoms with van der Waals surface area (Å²) >= 11 is 0. The molecule has 3 aromatic rings. The molecule has 0 spiro atoms. The van der Waals surface area contributed by atoms with E-state index in [1.54, 1.807) is 18.2 Å². The molecule has 2 heterocycles. The molecule has 1 saturated heterocycles. The maximum absolute atomic E-state index is 13.0. The van der Waals surface area contributed by atoms with E-state index in [4.69, 9.17) is 0 Å². The average molecular weight is 427 g/mol. The number of nitrogens with one attached hydrogen (secondary N) is 2. The third kappa shape index (κ3) is 3.97. The van der Waals surface area contributed by atoms with Crippen LogP contribution in [0.5, 0.6) is 0 Å². The van der Waals surface area contributed by atoms with Gasteiger partial charge in [-0.25, -0.2) is 13.4 Å². The van der Waals surface area contributed by atoms with Gasteiger partial charge in [-0.05, 0) is 49.1 Å². The molecule has 1 fully saturated rings. The van der Waals surface area contributed by atoms with E-state index in [1.807, 2.05) is 38.1 Å². The molecule has 0 saturated carbocycles. The molecular formula is C22H26N4O3S. The number of benzene rings is 2. The topological polar surface area (TPSA) is 95.2 Å². The summed E-state index contributed by atoms with van der Waals surface area (Å²) in [5.41, 5.74) is 2.06. The Bertz CT molecular complexity index is 1130. The number of fused-ring (bicyclic) bond motifs is 1. The smallest absolute Gasteiger partial charge is 0.251 e. The first kappa shape index (κ1) is 20.6. The summed E-state index contributed by atoms with van der Waals surface area (Å²) in [6.07, 6.45) is 1.74. The number of rotatable bonds is 6. The second-order valence-electron chi connectivity index (χ2n) is 7.97. The number of sulfonamides is 1. The Morgan fingerprint density at radius 3 is 2.53 bits per heavy atom. The minimum atomic E-state index is -3.57. The number of aromatic amines is 1. The molecule has 158 valence electrons. The van der Waals surface area contributed by atoms with Crippen molar-refractivity contribution in [3.05, 3.63) is 59.9 Å². The highest BCUT2D eigenvalue weighted by molar-refractivity contribution is 7.89. The van der Waals surface area contributed by atoms with Crippen LogP contribution in [0.1, 0.15) is 48.9 Å². The Kier molecular flexibility index (Phi) is 5.62. The summed E-state index contributed by atoms with van der Waals surface area (Å²) in [6.45, 7) is 5.07. The predicted molar refractivity (Wildman–Crippen MR) is 116 cm³/mol. The van der Waals surface area contributed by atoms with Gasteiger partial charge in [-0.1, -0.05) is 32.0 Å². The zero-order valence-electron chi connectivity index (χ0n) is 17.1. The summed E-state index contributed by atoms with van der Waals surface area (Å²) in [5, 5.41) is 3.02. The Morgan fingerprint density at radius 2 is 1.83 bits per heavy atom. The number of para-hydroxylation sites is 2. The van der Waals surface area contributed by atoms with Crippen molar-refractivity contribution in [2.75, 3.05) is 13.1 Å². The van der Waals surface area contributed by atoms with E-state index in [2.05, 4.69) is 15.3 Å². The first-order valence-electron chi connectivity index (χ1n) is 10.2. The van der Waals surface area contributed by atoms with Crippen molar-refractivity contribution in [2.45, 2.75) is 37.6 Å². The highest BCUT2D eigenvalue weighted by Gasteiger charge is 2.28. The van der Waals surface area contributed by atoms with Crippen LogP contribution >= 0.6 is 0 Å². The maximum atomic E-state index is 13.0. The second-order valence-corrected chi connectivity index (χ2v) is 9.91. The van der Waals surface area contributed by atoms with Crippen LogP contribution in [0.2, 0.25) is 0 Å². The Balaban J connectivity index is 1.59. The van der Waals surface area contributed by atoms with Crippen molar-refractivity contribution in [1.82, 2.24) is 19.6 Å². The van der Waals surface area contributed by atoms with Crippen LogP contribution < -0.4 is 5.32 Å². The number of nitrogens with zero attached hydrogens (tertiary/aromatic N) is 2. The van der Waals surface area contributed by atoms with E-state index in [-0.39, 0.29) is 22.8 Å². The summed E-state index contributed by atoms with van der Waals surface area (Å²) in [7, 11) is -3.57. The molecule has 0 aliphatic carbocycles. The molecule has 7 nitrogen and oxygen atoms in total. The van der Waals surface area contributed by atoms with E-state index in [0.29, 0.717) is 24.5 Å². The standard InChI is InChI=1S/C22H26N4O3S/c1-15(2)20(21-23-18-10-3-4-11-19(18)24-21)25-22(27)16-8-7-9-17(14-16)30(28,29)26-12-5-6-13-26/h3-4,7-11,14-15,20H,5-6,12-13H2,1-2H3,(H,23,24)(H,25,27)/t20-/m0/s1. The molecular weight excluding hydrogens is 400 g/mol. The summed E-state index contributed by atoms with van der Waals surface area (Å²) in [6, 6.07) is 13.6. The Labute approximate surface area is 176 Å². The van der Waals surface area contributed by atoms with Crippen LogP contribution in [0.15, 0.2) is 53.4 Å². The largest absolute Gasteiger partial charge is 0.342 e. The van der Waals surface area contributed by atoms with Gasteiger partial charge >= 0.3 is 0 Å². The molecule has 1 atom stereocenters. The molecule has 1 amide bonds. The number of hydrogen-bond acceptors (Lipinski definition) is 4. The molecule has 1 aliphatic rings. The van der Waals surface area contributed by atoms with Crippen LogP contribution in [0, 0.1) is 5.92 Å². The number of amides is 1. The number of aromatic nitrogens is 2. The lowest BCUT2D eigenvalue weighted by atomic mass is 10.0. The quantitative estimate of drug-likeness (QED) is 0.631. The van der Waals surface area contributed by atoms with Crippen molar-refractivity contribution in [3.63, 3.8) is 0 Å². The maximum Gasteiger partial charge on any atom is 0.251 e. The van der Waals surface area contributed by atoms with Gasteiger partial charge in [0.05, 0.1) is 22.0 Å². The molecule has 1 aromatic heterocycles. The van der Waals surface area contributed by atoms with E-state index >= 15 is 0 Å². The fourth-order valence-electron chi connectivity index (χ4n) is 3.77. The number of imidazole rings is 1. The highest BCUT2D eigenvalue weighted by Crippen LogP contribution is 2.24. The average Bonchev–Trinajstić information content (AvgIpc) is 3.41. The van der Waals surface area contributed by atoms with Gasteiger partial charge in [0, 0.05) is 18.7 Å². The number of hydrogen-bond donors (Lipinski definition) is 2. The van der Waals surface area contributed by atoms with Gasteiger partial charge in [-0.15, -0.1) is 0 Å². The van der Waals surface area contributed by atoms with Crippen LogP contribution in [-0.2, 0) is 10.0 Å². The molecule has 2 N–H and O–H groups in total. The molecule has 2 aromatic carbocycles. The molecule has 0 radical (unpaired) electrons. The molecule has 0 unspecified atom stereocenters. The minimum Gasteiger partial charge on any atom is -0.342 e. The van der Waals surface area contributed by atoms with Crippen LogP contribution in [-0.4, -0.2) is 41.7 Å². The first-order chi connectivity index (χ1) is 14.4. The van der Waals surface area contributed by atoms with Gasteiger partial charge in [-0.2, -0.15) is 4.31 Å². The lowest BCUT2D eigenvalue weighted by molar-refractivity contribution is 0.0923. The molecule has 30 heavy (non-hydrogen) atoms. The summed E-state index contributed by atoms with van der Waals surface area (Å²) in [4.78, 5) is 21.0. The Hall–Kier alpha value is -2.71. The normalized spacial score (nSPS) is 16.2. The number of carbonyl (C=O) groups is 1. The fraction of sp³-hybridized carbons (Fsp3) is 0.364. The third-order valence-electron chi connectivity index (χ3n) is 5.45. The van der Waals surface area contributed by atoms with Gasteiger partial charge in [0.15, 0.2) is 0 Å². The van der Waals surface area contributed by atoms with Crippen molar-refractivity contribution < 1.29 is 13.2 Å². The van der Waals surface area contributed by atoms with Crippen LogP contribution in [0.25, 0.3) is 11.0 Å². The monoisotopic (exact) mass is 426 g/mol. The number of carbonyl (C=O) groups excluding carboxylic acids is 1. The van der Waals surface area contributed by atoms with Gasteiger partial charge in [-0.3, -0.25) is 4.79 Å². The fourth-order valence-corrected chi connectivity index (χ4v) is 5.33. The van der Waals surface area contributed by atoms with E-state index in [0.717, 1.165) is 23.9 Å². The van der Waals surface area contributed by atoms with Gasteiger partial charge in [0.2, 0.25) is 10.0 Å². The van der Waals surface area contributed by atoms with Crippen LogP contribution in [0.4, 0.5) is 0 Å². The number of H-pyrrole nitrogens is 1. The van der Waals surface area contributed by atoms with E-state index in [9.17, 15) is 13.2 Å². The molecule has 1 aliphatic heterocycles. The lowest BCUT2D eigenvalue weighted by Gasteiger charge is -2.21. The van der Waals surface area contributed by atoms with Gasteiger partial charge < -0.3 is 10.3 Å². The van der Waals surface area contributed by atoms with Crippen molar-refractivity contribution >= 4 is 27.0 Å². The summed E-state index contributed by atoms with van der Waals surface area (Å²) < 4.78 is 27.2. The zero-order chi connectivity index (χ0) is 21.3. The predicted octanol–water partition coefficient (Wildman–Crippen LogP) is 3.47. The molecule has 4 rings (SSSR count). The summed E-state index contributed by atoms with van der Waals surface area (Å²) in [5.74, 6) is 0.444. The third-order valence-corrected chi connectivity index (χ3v) is 7.35. The van der Waals surface area contributed by atoms with E-state index in [1.165, 1.54) is 10.4 Å². The Morgan fingerprint density at radius 1 is 1.10 bits per heavy atom. The minimum absolute atomic E-state index is 0.0889. The highest BCUT2D eigenvalue weighted by atomic mass is 32.2. The van der Waals surface area contributed by atoms with Gasteiger partial charge in [0.1, 0.15) is 5.82 Å².